The fraction of sp³-hybridized carbons (Fsp3) is 0.579. The number of alkyl halides is 2. The molecule has 2 unspecified atom stereocenters. The van der Waals surface area contributed by atoms with Crippen molar-refractivity contribution in [3.05, 3.63) is 23.9 Å². The first kappa shape index (κ1) is 18.2. The van der Waals surface area contributed by atoms with E-state index in [1.54, 1.807) is 6.07 Å². The Morgan fingerprint density at radius 3 is 2.74 bits per heavy atom. The molecular weight excluding hydrogens is 354 g/mol. The Bertz CT molecular complexity index is 851. The third-order valence-electron chi connectivity index (χ3n) is 6.13. The van der Waals surface area contributed by atoms with E-state index in [1.807, 2.05) is 18.7 Å². The van der Waals surface area contributed by atoms with Gasteiger partial charge < -0.3 is 9.64 Å². The summed E-state index contributed by atoms with van der Waals surface area (Å²) in [5.74, 6) is -0.0319. The molecule has 27 heavy (non-hydrogen) atoms. The Kier molecular flexibility index (Phi) is 4.53. The second-order valence-electron chi connectivity index (χ2n) is 7.05. The summed E-state index contributed by atoms with van der Waals surface area (Å²) in [5, 5.41) is 7.56. The van der Waals surface area contributed by atoms with Gasteiger partial charge in [0.05, 0.1) is 11.6 Å². The number of carbonyl (C=O) groups is 1. The highest BCUT2D eigenvalue weighted by Crippen LogP contribution is 2.51. The summed E-state index contributed by atoms with van der Waals surface area (Å²) < 4.78 is 29.1. The maximum absolute atomic E-state index is 13.1. The van der Waals surface area contributed by atoms with E-state index in [2.05, 4.69) is 19.8 Å². The number of amides is 1. The van der Waals surface area contributed by atoms with Crippen molar-refractivity contribution < 1.29 is 18.3 Å². The predicted octanol–water partition coefficient (Wildman–Crippen LogP) is 3.25. The molecular formula is C19H24F2N4O2. The van der Waals surface area contributed by atoms with Crippen molar-refractivity contribution in [3.8, 4) is 5.75 Å². The second-order valence-corrected chi connectivity index (χ2v) is 7.05. The number of rotatable bonds is 3. The highest BCUT2D eigenvalue weighted by atomic mass is 19.3. The number of fused-ring (bicyclic) bond motifs is 1. The van der Waals surface area contributed by atoms with Crippen LogP contribution in [0.25, 0.3) is 10.9 Å². The van der Waals surface area contributed by atoms with Gasteiger partial charge >= 0.3 is 6.61 Å². The number of ether oxygens (including phenoxy) is 1. The van der Waals surface area contributed by atoms with Crippen LogP contribution in [-0.4, -0.2) is 63.7 Å². The minimum Gasteiger partial charge on any atom is -0.435 e. The Morgan fingerprint density at radius 2 is 2.11 bits per heavy atom. The van der Waals surface area contributed by atoms with Gasteiger partial charge in [-0.1, -0.05) is 13.8 Å². The quantitative estimate of drug-likeness (QED) is 0.891. The molecule has 1 aliphatic carbocycles. The number of hydrogen-bond donors (Lipinski definition) is 1. The molecule has 1 amide bonds. The number of aromatic amines is 1. The molecule has 3 heterocycles. The van der Waals surface area contributed by atoms with Crippen molar-refractivity contribution in [2.45, 2.75) is 51.3 Å². The van der Waals surface area contributed by atoms with E-state index in [1.165, 1.54) is 12.1 Å². The van der Waals surface area contributed by atoms with Crippen LogP contribution in [0.4, 0.5) is 8.78 Å². The van der Waals surface area contributed by atoms with Gasteiger partial charge in [0.15, 0.2) is 5.69 Å². The molecule has 1 aromatic carbocycles. The van der Waals surface area contributed by atoms with E-state index < -0.39 is 6.61 Å². The molecule has 0 radical (unpaired) electrons. The number of aromatic nitrogens is 2. The molecule has 146 valence electrons. The summed E-state index contributed by atoms with van der Waals surface area (Å²) >= 11 is 0. The smallest absolute Gasteiger partial charge is 0.387 e. The standard InChI is InChI=1S/C17H18F2N4O2.C2H6/c18-16(19)25-10-1-2-11-12(9-10)20-21-14(11)15(24)23-8-7-22-6-5-17(22)4-3-13(17)23;1-2/h1-2,9,13,16H,3-8H2,(H,20,21);1-2H3. The van der Waals surface area contributed by atoms with Crippen molar-refractivity contribution in [3.63, 3.8) is 0 Å². The highest BCUT2D eigenvalue weighted by molar-refractivity contribution is 6.05. The number of piperazine rings is 1. The number of hydrogen-bond acceptors (Lipinski definition) is 4. The largest absolute Gasteiger partial charge is 0.435 e. The maximum Gasteiger partial charge on any atom is 0.387 e. The van der Waals surface area contributed by atoms with E-state index in [0.29, 0.717) is 23.1 Å². The first-order chi connectivity index (χ1) is 13.1. The molecule has 5 rings (SSSR count). The highest BCUT2D eigenvalue weighted by Gasteiger charge is 2.61. The van der Waals surface area contributed by atoms with E-state index in [0.717, 1.165) is 32.4 Å². The average molecular weight is 378 g/mol. The molecule has 8 heteroatoms. The number of nitrogens with one attached hydrogen (secondary N) is 1. The summed E-state index contributed by atoms with van der Waals surface area (Å²) in [6.45, 7) is 3.88. The summed E-state index contributed by atoms with van der Waals surface area (Å²) in [6, 6.07) is 4.77. The van der Waals surface area contributed by atoms with Crippen molar-refractivity contribution in [2.75, 3.05) is 19.6 Å². The lowest BCUT2D eigenvalue weighted by molar-refractivity contribution is -0.161. The molecule has 1 saturated carbocycles. The van der Waals surface area contributed by atoms with Crippen molar-refractivity contribution in [1.29, 1.82) is 0 Å². The van der Waals surface area contributed by atoms with Crippen LogP contribution in [0.15, 0.2) is 18.2 Å². The van der Waals surface area contributed by atoms with Gasteiger partial charge in [0.2, 0.25) is 0 Å². The van der Waals surface area contributed by atoms with Crippen molar-refractivity contribution in [1.82, 2.24) is 20.0 Å². The minimum absolute atomic E-state index is 0.0474. The molecule has 1 N–H and O–H groups in total. The van der Waals surface area contributed by atoms with Gasteiger partial charge in [-0.25, -0.2) is 0 Å². The van der Waals surface area contributed by atoms with Crippen LogP contribution in [0.2, 0.25) is 0 Å². The van der Waals surface area contributed by atoms with Crippen LogP contribution in [0, 0.1) is 0 Å². The lowest BCUT2D eigenvalue weighted by atomic mass is 9.61. The van der Waals surface area contributed by atoms with Crippen LogP contribution in [0.1, 0.15) is 43.6 Å². The Balaban J connectivity index is 0.000000872. The molecule has 2 saturated heterocycles. The Hall–Kier alpha value is -2.22. The molecule has 0 bridgehead atoms. The third-order valence-corrected chi connectivity index (χ3v) is 6.13. The molecule has 1 aromatic heterocycles. The predicted molar refractivity (Wildman–Crippen MR) is 97.1 cm³/mol. The normalized spacial score (nSPS) is 26.4. The molecule has 2 aromatic rings. The summed E-state index contributed by atoms with van der Waals surface area (Å²) in [5.41, 5.74) is 1.08. The van der Waals surface area contributed by atoms with E-state index in [-0.39, 0.29) is 23.2 Å². The van der Waals surface area contributed by atoms with Gasteiger partial charge in [-0.05, 0) is 31.4 Å². The van der Waals surface area contributed by atoms with Gasteiger partial charge in [0, 0.05) is 36.6 Å². The summed E-state index contributed by atoms with van der Waals surface area (Å²) in [6.07, 6.45) is 3.37. The van der Waals surface area contributed by atoms with Crippen LogP contribution in [0.3, 0.4) is 0 Å². The number of nitrogens with zero attached hydrogens (tertiary/aromatic N) is 3. The zero-order chi connectivity index (χ0) is 19.2. The number of halogens is 2. The van der Waals surface area contributed by atoms with E-state index in [4.69, 9.17) is 0 Å². The summed E-state index contributed by atoms with van der Waals surface area (Å²) in [7, 11) is 0. The van der Waals surface area contributed by atoms with Gasteiger partial charge in [-0.15, -0.1) is 0 Å². The first-order valence-corrected chi connectivity index (χ1v) is 9.57. The molecule has 6 nitrogen and oxygen atoms in total. The minimum atomic E-state index is -2.88. The van der Waals surface area contributed by atoms with E-state index >= 15 is 0 Å². The van der Waals surface area contributed by atoms with Gasteiger partial charge in [-0.2, -0.15) is 13.9 Å². The molecule has 2 aliphatic heterocycles. The zero-order valence-corrected chi connectivity index (χ0v) is 15.5. The van der Waals surface area contributed by atoms with Gasteiger partial charge in [-0.3, -0.25) is 14.8 Å². The van der Waals surface area contributed by atoms with Crippen LogP contribution < -0.4 is 4.74 Å². The van der Waals surface area contributed by atoms with Gasteiger partial charge in [0.1, 0.15) is 5.75 Å². The lowest BCUT2D eigenvalue weighted by Gasteiger charge is -2.68. The van der Waals surface area contributed by atoms with Crippen molar-refractivity contribution in [2.24, 2.45) is 0 Å². The monoisotopic (exact) mass is 378 g/mol. The topological polar surface area (TPSA) is 61.5 Å². The molecule has 3 aliphatic rings. The second kappa shape index (κ2) is 6.74. The number of benzene rings is 1. The van der Waals surface area contributed by atoms with Crippen LogP contribution in [0.5, 0.6) is 5.75 Å². The van der Waals surface area contributed by atoms with Crippen LogP contribution in [-0.2, 0) is 0 Å². The van der Waals surface area contributed by atoms with Crippen LogP contribution >= 0.6 is 0 Å². The van der Waals surface area contributed by atoms with Gasteiger partial charge in [0.25, 0.3) is 5.91 Å². The average Bonchev–Trinajstić information content (AvgIpc) is 3.02. The Labute approximate surface area is 156 Å². The molecule has 3 fully saturated rings. The maximum atomic E-state index is 13.1. The summed E-state index contributed by atoms with van der Waals surface area (Å²) in [4.78, 5) is 17.5. The van der Waals surface area contributed by atoms with E-state index in [9.17, 15) is 13.6 Å². The third kappa shape index (κ3) is 2.69. The SMILES string of the molecule is CC.O=C(c1n[nH]c2cc(OC(F)F)ccc12)N1CCN2CCC23CCC13. The molecule has 1 spiro atoms. The molecule has 2 atom stereocenters. The number of carbonyl (C=O) groups excluding carboxylic acids is 1. The zero-order valence-electron chi connectivity index (χ0n) is 15.5. The first-order valence-electron chi connectivity index (χ1n) is 9.57. The lowest BCUT2D eigenvalue weighted by Crippen LogP contribution is -2.79. The number of H-pyrrole nitrogens is 1. The fourth-order valence-electron chi connectivity index (χ4n) is 4.71. The fourth-order valence-corrected chi connectivity index (χ4v) is 4.71. The van der Waals surface area contributed by atoms with Crippen molar-refractivity contribution >= 4 is 16.8 Å². The Morgan fingerprint density at radius 1 is 1.30 bits per heavy atom.